The molecule has 2 rings (SSSR count). The Labute approximate surface area is 124 Å². The second kappa shape index (κ2) is 6.65. The summed E-state index contributed by atoms with van der Waals surface area (Å²) in [5.41, 5.74) is 8.96. The van der Waals surface area contributed by atoms with Gasteiger partial charge in [0.15, 0.2) is 0 Å². The molecule has 0 aromatic heterocycles. The van der Waals surface area contributed by atoms with Crippen molar-refractivity contribution in [3.8, 4) is 5.75 Å². The number of ether oxygens (including phenoxy) is 1. The predicted molar refractivity (Wildman–Crippen MR) is 84.4 cm³/mol. The van der Waals surface area contributed by atoms with Crippen LogP contribution in [0.1, 0.15) is 11.1 Å². The number of hydrogen-bond acceptors (Lipinski definition) is 3. The van der Waals surface area contributed by atoms with Gasteiger partial charge in [-0.15, -0.1) is 0 Å². The second-order valence-corrected chi connectivity index (χ2v) is 4.71. The van der Waals surface area contributed by atoms with Gasteiger partial charge in [-0.25, -0.2) is 4.79 Å². The van der Waals surface area contributed by atoms with Crippen LogP contribution < -0.4 is 21.1 Å². The maximum absolute atomic E-state index is 11.9. The molecule has 0 unspecified atom stereocenters. The highest BCUT2D eigenvalue weighted by Gasteiger charge is 2.07. The third-order valence-electron chi connectivity index (χ3n) is 3.09. The van der Waals surface area contributed by atoms with Gasteiger partial charge >= 0.3 is 6.03 Å². The van der Waals surface area contributed by atoms with E-state index in [4.69, 9.17) is 10.5 Å². The number of amides is 2. The van der Waals surface area contributed by atoms with Crippen LogP contribution in [0.5, 0.6) is 5.75 Å². The number of nitrogen functional groups attached to an aromatic ring is 1. The Morgan fingerprint density at radius 1 is 1.24 bits per heavy atom. The standard InChI is InChI=1S/C16H19N3O2/c1-11-7-8-14(13(17)9-11)19-16(20)18-10-12-5-3-4-6-15(12)21-2/h3-9H,10,17H2,1-2H3,(H2,18,19,20). The summed E-state index contributed by atoms with van der Waals surface area (Å²) in [6, 6.07) is 12.7. The molecular weight excluding hydrogens is 266 g/mol. The number of hydrogen-bond donors (Lipinski definition) is 3. The van der Waals surface area contributed by atoms with Gasteiger partial charge in [0.1, 0.15) is 5.75 Å². The molecule has 0 bridgehead atoms. The number of aryl methyl sites for hydroxylation is 1. The van der Waals surface area contributed by atoms with E-state index >= 15 is 0 Å². The van der Waals surface area contributed by atoms with E-state index in [2.05, 4.69) is 10.6 Å². The number of carbonyl (C=O) groups is 1. The van der Waals surface area contributed by atoms with Gasteiger partial charge < -0.3 is 21.1 Å². The number of anilines is 2. The molecule has 2 aromatic carbocycles. The van der Waals surface area contributed by atoms with Crippen LogP contribution in [0.25, 0.3) is 0 Å². The number of nitrogens with two attached hydrogens (primary N) is 1. The van der Waals surface area contributed by atoms with Crippen molar-refractivity contribution < 1.29 is 9.53 Å². The van der Waals surface area contributed by atoms with Crippen molar-refractivity contribution in [2.24, 2.45) is 0 Å². The highest BCUT2D eigenvalue weighted by atomic mass is 16.5. The Bertz CT molecular complexity index is 641. The first-order valence-corrected chi connectivity index (χ1v) is 6.63. The molecule has 5 nitrogen and oxygen atoms in total. The fourth-order valence-corrected chi connectivity index (χ4v) is 1.99. The third-order valence-corrected chi connectivity index (χ3v) is 3.09. The monoisotopic (exact) mass is 285 g/mol. The number of nitrogens with one attached hydrogen (secondary N) is 2. The molecule has 0 spiro atoms. The average Bonchev–Trinajstić information content (AvgIpc) is 2.48. The molecule has 4 N–H and O–H groups in total. The topological polar surface area (TPSA) is 76.4 Å². The summed E-state index contributed by atoms with van der Waals surface area (Å²) in [6.45, 7) is 2.32. The zero-order chi connectivity index (χ0) is 15.2. The van der Waals surface area contributed by atoms with Crippen molar-refractivity contribution in [3.05, 3.63) is 53.6 Å². The van der Waals surface area contributed by atoms with Crippen LogP contribution >= 0.6 is 0 Å². The molecule has 2 aromatic rings. The molecule has 0 aliphatic rings. The van der Waals surface area contributed by atoms with Gasteiger partial charge in [-0.2, -0.15) is 0 Å². The summed E-state index contributed by atoms with van der Waals surface area (Å²) in [6.07, 6.45) is 0. The van der Waals surface area contributed by atoms with Gasteiger partial charge in [0.25, 0.3) is 0 Å². The van der Waals surface area contributed by atoms with Gasteiger partial charge in [-0.3, -0.25) is 0 Å². The first-order valence-electron chi connectivity index (χ1n) is 6.63. The second-order valence-electron chi connectivity index (χ2n) is 4.71. The summed E-state index contributed by atoms with van der Waals surface area (Å²) in [4.78, 5) is 11.9. The van der Waals surface area contributed by atoms with Gasteiger partial charge in [0.2, 0.25) is 0 Å². The smallest absolute Gasteiger partial charge is 0.319 e. The molecule has 0 atom stereocenters. The Morgan fingerprint density at radius 2 is 2.00 bits per heavy atom. The zero-order valence-corrected chi connectivity index (χ0v) is 12.1. The maximum atomic E-state index is 11.9. The Hall–Kier alpha value is -2.69. The van der Waals surface area contributed by atoms with Crippen molar-refractivity contribution in [3.63, 3.8) is 0 Å². The summed E-state index contributed by atoms with van der Waals surface area (Å²) < 4.78 is 5.24. The SMILES string of the molecule is COc1ccccc1CNC(=O)Nc1ccc(C)cc1N. The molecule has 0 heterocycles. The number of benzene rings is 2. The highest BCUT2D eigenvalue weighted by molar-refractivity contribution is 5.92. The number of rotatable bonds is 4. The molecular formula is C16H19N3O2. The van der Waals surface area contributed by atoms with E-state index in [0.717, 1.165) is 16.9 Å². The molecule has 2 amide bonds. The predicted octanol–water partition coefficient (Wildman–Crippen LogP) is 2.91. The van der Waals surface area contributed by atoms with Gasteiger partial charge in [0.05, 0.1) is 18.5 Å². The maximum Gasteiger partial charge on any atom is 0.319 e. The Morgan fingerprint density at radius 3 is 2.71 bits per heavy atom. The van der Waals surface area contributed by atoms with Gasteiger partial charge in [0, 0.05) is 12.1 Å². The lowest BCUT2D eigenvalue weighted by Crippen LogP contribution is -2.28. The molecule has 0 saturated heterocycles. The van der Waals surface area contributed by atoms with Crippen molar-refractivity contribution in [1.82, 2.24) is 5.32 Å². The Kier molecular flexibility index (Phi) is 4.66. The number of methoxy groups -OCH3 is 1. The van der Waals surface area contributed by atoms with E-state index < -0.39 is 0 Å². The molecule has 0 aliphatic heterocycles. The van der Waals surface area contributed by atoms with E-state index in [1.54, 1.807) is 13.2 Å². The van der Waals surface area contributed by atoms with Crippen molar-refractivity contribution >= 4 is 17.4 Å². The molecule has 0 aliphatic carbocycles. The molecule has 0 fully saturated rings. The van der Waals surface area contributed by atoms with Gasteiger partial charge in [-0.1, -0.05) is 24.3 Å². The van der Waals surface area contributed by atoms with Crippen LogP contribution in [-0.4, -0.2) is 13.1 Å². The number of para-hydroxylation sites is 1. The first kappa shape index (κ1) is 14.7. The van der Waals surface area contributed by atoms with Crippen LogP contribution in [0.4, 0.5) is 16.2 Å². The average molecular weight is 285 g/mol. The van der Waals surface area contributed by atoms with E-state index in [0.29, 0.717) is 17.9 Å². The minimum atomic E-state index is -0.309. The lowest BCUT2D eigenvalue weighted by atomic mass is 10.2. The molecule has 0 radical (unpaired) electrons. The van der Waals surface area contributed by atoms with E-state index in [1.807, 2.05) is 43.3 Å². The quantitative estimate of drug-likeness (QED) is 0.756. The molecule has 110 valence electrons. The normalized spacial score (nSPS) is 10.0. The van der Waals surface area contributed by atoms with Crippen molar-refractivity contribution in [1.29, 1.82) is 0 Å². The zero-order valence-electron chi connectivity index (χ0n) is 12.1. The summed E-state index contributed by atoms with van der Waals surface area (Å²) in [7, 11) is 1.60. The number of carbonyl (C=O) groups excluding carboxylic acids is 1. The minimum Gasteiger partial charge on any atom is -0.496 e. The summed E-state index contributed by atoms with van der Waals surface area (Å²) in [5, 5.41) is 5.51. The van der Waals surface area contributed by atoms with E-state index in [9.17, 15) is 4.79 Å². The Balaban J connectivity index is 1.96. The summed E-state index contributed by atoms with van der Waals surface area (Å²) >= 11 is 0. The number of urea groups is 1. The van der Waals surface area contributed by atoms with Gasteiger partial charge in [-0.05, 0) is 30.7 Å². The minimum absolute atomic E-state index is 0.309. The first-order chi connectivity index (χ1) is 10.1. The van der Waals surface area contributed by atoms with Crippen LogP contribution in [0, 0.1) is 6.92 Å². The van der Waals surface area contributed by atoms with E-state index in [1.165, 1.54) is 0 Å². The van der Waals surface area contributed by atoms with Crippen LogP contribution in [0.3, 0.4) is 0 Å². The fourth-order valence-electron chi connectivity index (χ4n) is 1.99. The van der Waals surface area contributed by atoms with Crippen molar-refractivity contribution in [2.45, 2.75) is 13.5 Å². The van der Waals surface area contributed by atoms with Crippen LogP contribution in [0.15, 0.2) is 42.5 Å². The molecule has 21 heavy (non-hydrogen) atoms. The van der Waals surface area contributed by atoms with Crippen LogP contribution in [0.2, 0.25) is 0 Å². The lowest BCUT2D eigenvalue weighted by molar-refractivity contribution is 0.251. The van der Waals surface area contributed by atoms with Crippen molar-refractivity contribution in [2.75, 3.05) is 18.2 Å². The lowest BCUT2D eigenvalue weighted by Gasteiger charge is -2.12. The third kappa shape index (κ3) is 3.89. The fraction of sp³-hybridized carbons (Fsp3) is 0.188. The molecule has 5 heteroatoms. The van der Waals surface area contributed by atoms with E-state index in [-0.39, 0.29) is 6.03 Å². The van der Waals surface area contributed by atoms with Crippen LogP contribution in [-0.2, 0) is 6.54 Å². The largest absolute Gasteiger partial charge is 0.496 e. The molecule has 0 saturated carbocycles. The summed E-state index contributed by atoms with van der Waals surface area (Å²) in [5.74, 6) is 0.743. The highest BCUT2D eigenvalue weighted by Crippen LogP contribution is 2.20.